The van der Waals surface area contributed by atoms with Gasteiger partial charge < -0.3 is 20.3 Å². The number of carbonyl (C=O) groups excluding carboxylic acids is 1. The second-order valence-corrected chi connectivity index (χ2v) is 9.52. The van der Waals surface area contributed by atoms with Crippen molar-refractivity contribution in [1.29, 1.82) is 0 Å². The molecule has 1 aromatic heterocycles. The van der Waals surface area contributed by atoms with Crippen LogP contribution in [0.25, 0.3) is 10.9 Å². The van der Waals surface area contributed by atoms with Gasteiger partial charge in [0, 0.05) is 43.3 Å². The fraction of sp³-hybridized carbons (Fsp3) is 0.267. The Morgan fingerprint density at radius 3 is 2.31 bits per heavy atom. The third-order valence-corrected chi connectivity index (χ3v) is 6.69. The SMILES string of the molecule is CN(C)c1cc(N[C@H]2CC[C@@H](NC(=O)c3ccccc3Oc3ccccc3)CC2)nc2ccccc12. The lowest BCUT2D eigenvalue weighted by molar-refractivity contribution is 0.0924. The monoisotopic (exact) mass is 480 g/mol. The summed E-state index contributed by atoms with van der Waals surface area (Å²) in [6.45, 7) is 0. The number of hydrogen-bond donors (Lipinski definition) is 2. The number of rotatable bonds is 7. The predicted molar refractivity (Wildman–Crippen MR) is 146 cm³/mol. The number of ether oxygens (including phenoxy) is 1. The molecule has 1 amide bonds. The van der Waals surface area contributed by atoms with Crippen molar-refractivity contribution < 1.29 is 9.53 Å². The van der Waals surface area contributed by atoms with Crippen molar-refractivity contribution in [3.63, 3.8) is 0 Å². The first kappa shape index (κ1) is 23.7. The van der Waals surface area contributed by atoms with Gasteiger partial charge in [-0.3, -0.25) is 4.79 Å². The number of nitrogens with zero attached hydrogens (tertiary/aromatic N) is 2. The van der Waals surface area contributed by atoms with E-state index in [1.807, 2.05) is 66.7 Å². The number of anilines is 2. The predicted octanol–water partition coefficient (Wildman–Crippen LogP) is 6.25. The third kappa shape index (κ3) is 5.43. The number of fused-ring (bicyclic) bond motifs is 1. The fourth-order valence-electron chi connectivity index (χ4n) is 4.81. The van der Waals surface area contributed by atoms with E-state index >= 15 is 0 Å². The summed E-state index contributed by atoms with van der Waals surface area (Å²) < 4.78 is 5.98. The molecule has 0 spiro atoms. The fourth-order valence-corrected chi connectivity index (χ4v) is 4.81. The Morgan fingerprint density at radius 2 is 1.53 bits per heavy atom. The van der Waals surface area contributed by atoms with E-state index in [9.17, 15) is 4.79 Å². The van der Waals surface area contributed by atoms with Crippen LogP contribution in [-0.4, -0.2) is 37.1 Å². The van der Waals surface area contributed by atoms with Crippen LogP contribution in [0.2, 0.25) is 0 Å². The highest BCUT2D eigenvalue weighted by atomic mass is 16.5. The molecule has 3 aromatic carbocycles. The lowest BCUT2D eigenvalue weighted by atomic mass is 9.91. The summed E-state index contributed by atoms with van der Waals surface area (Å²) in [5.41, 5.74) is 2.70. The summed E-state index contributed by atoms with van der Waals surface area (Å²) in [5.74, 6) is 2.08. The minimum atomic E-state index is -0.0928. The Balaban J connectivity index is 1.20. The van der Waals surface area contributed by atoms with E-state index < -0.39 is 0 Å². The van der Waals surface area contributed by atoms with Crippen molar-refractivity contribution in [2.24, 2.45) is 0 Å². The average molecular weight is 481 g/mol. The summed E-state index contributed by atoms with van der Waals surface area (Å²) in [6.07, 6.45) is 3.77. The quantitative estimate of drug-likeness (QED) is 0.327. The molecule has 1 saturated carbocycles. The molecule has 1 aliphatic carbocycles. The van der Waals surface area contributed by atoms with Crippen molar-refractivity contribution in [2.75, 3.05) is 24.3 Å². The maximum Gasteiger partial charge on any atom is 0.255 e. The molecule has 36 heavy (non-hydrogen) atoms. The van der Waals surface area contributed by atoms with E-state index in [0.29, 0.717) is 23.1 Å². The lowest BCUT2D eigenvalue weighted by Crippen LogP contribution is -2.40. The van der Waals surface area contributed by atoms with Gasteiger partial charge in [0.05, 0.1) is 11.1 Å². The molecule has 4 aromatic rings. The van der Waals surface area contributed by atoms with Crippen molar-refractivity contribution in [2.45, 2.75) is 37.8 Å². The van der Waals surface area contributed by atoms with Gasteiger partial charge in [0.1, 0.15) is 17.3 Å². The topological polar surface area (TPSA) is 66.5 Å². The van der Waals surface area contributed by atoms with Gasteiger partial charge in [0.25, 0.3) is 5.91 Å². The van der Waals surface area contributed by atoms with Crippen LogP contribution in [-0.2, 0) is 0 Å². The number of hydrogen-bond acceptors (Lipinski definition) is 5. The zero-order valence-corrected chi connectivity index (χ0v) is 20.8. The van der Waals surface area contributed by atoms with Crippen LogP contribution in [0.4, 0.5) is 11.5 Å². The van der Waals surface area contributed by atoms with Gasteiger partial charge >= 0.3 is 0 Å². The standard InChI is InChI=1S/C30H32N4O2/c1-34(2)27-20-29(33-26-14-8-6-12-24(26)27)31-21-16-18-22(19-17-21)32-30(35)25-13-7-9-15-28(25)36-23-10-4-3-5-11-23/h3-15,20-22H,16-19H2,1-2H3,(H,31,33)(H,32,35)/t21-,22+. The van der Waals surface area contributed by atoms with Crippen molar-refractivity contribution in [3.8, 4) is 11.5 Å². The van der Waals surface area contributed by atoms with Gasteiger partial charge in [-0.05, 0) is 56.0 Å². The Labute approximate surface area is 212 Å². The Morgan fingerprint density at radius 1 is 0.861 bits per heavy atom. The third-order valence-electron chi connectivity index (χ3n) is 6.69. The highest BCUT2D eigenvalue weighted by molar-refractivity contribution is 5.97. The summed E-state index contributed by atoms with van der Waals surface area (Å²) >= 11 is 0. The zero-order valence-electron chi connectivity index (χ0n) is 20.8. The van der Waals surface area contributed by atoms with Gasteiger partial charge in [-0.15, -0.1) is 0 Å². The molecule has 0 unspecified atom stereocenters. The van der Waals surface area contributed by atoms with E-state index in [2.05, 4.69) is 47.8 Å². The molecule has 184 valence electrons. The average Bonchev–Trinajstić information content (AvgIpc) is 2.90. The second-order valence-electron chi connectivity index (χ2n) is 9.52. The van der Waals surface area contributed by atoms with Crippen LogP contribution in [0.3, 0.4) is 0 Å². The van der Waals surface area contributed by atoms with E-state index in [0.717, 1.165) is 48.1 Å². The maximum atomic E-state index is 13.1. The number of benzene rings is 3. The molecule has 1 fully saturated rings. The molecule has 6 nitrogen and oxygen atoms in total. The maximum absolute atomic E-state index is 13.1. The minimum absolute atomic E-state index is 0.0928. The number of aromatic nitrogens is 1. The molecule has 1 heterocycles. The number of pyridine rings is 1. The van der Waals surface area contributed by atoms with Crippen LogP contribution in [0, 0.1) is 0 Å². The number of carbonyl (C=O) groups is 1. The van der Waals surface area contributed by atoms with Crippen LogP contribution in [0.1, 0.15) is 36.0 Å². The molecule has 0 atom stereocenters. The van der Waals surface area contributed by atoms with Crippen LogP contribution in [0.15, 0.2) is 84.9 Å². The normalized spacial score (nSPS) is 17.4. The molecule has 0 radical (unpaired) electrons. The first-order valence-corrected chi connectivity index (χ1v) is 12.5. The zero-order chi connectivity index (χ0) is 24.9. The minimum Gasteiger partial charge on any atom is -0.457 e. The van der Waals surface area contributed by atoms with Gasteiger partial charge in [-0.1, -0.05) is 48.5 Å². The van der Waals surface area contributed by atoms with Crippen molar-refractivity contribution >= 4 is 28.3 Å². The van der Waals surface area contributed by atoms with Gasteiger partial charge in [-0.25, -0.2) is 4.98 Å². The number of para-hydroxylation sites is 3. The molecule has 1 aliphatic rings. The summed E-state index contributed by atoms with van der Waals surface area (Å²) in [4.78, 5) is 20.1. The van der Waals surface area contributed by atoms with E-state index in [-0.39, 0.29) is 11.9 Å². The molecule has 2 N–H and O–H groups in total. The van der Waals surface area contributed by atoms with E-state index in [1.165, 1.54) is 0 Å². The first-order chi connectivity index (χ1) is 17.6. The first-order valence-electron chi connectivity index (χ1n) is 12.5. The van der Waals surface area contributed by atoms with E-state index in [1.54, 1.807) is 0 Å². The molecule has 0 saturated heterocycles. The summed E-state index contributed by atoms with van der Waals surface area (Å²) in [7, 11) is 4.12. The number of nitrogens with one attached hydrogen (secondary N) is 2. The van der Waals surface area contributed by atoms with Crippen LogP contribution in [0.5, 0.6) is 11.5 Å². The molecule has 5 rings (SSSR count). The molecule has 0 aliphatic heterocycles. The molecule has 6 heteroatoms. The Bertz CT molecular complexity index is 1330. The van der Waals surface area contributed by atoms with Gasteiger partial charge in [0.15, 0.2) is 0 Å². The highest BCUT2D eigenvalue weighted by Gasteiger charge is 2.24. The van der Waals surface area contributed by atoms with Crippen LogP contribution < -0.4 is 20.3 Å². The second kappa shape index (κ2) is 10.7. The largest absolute Gasteiger partial charge is 0.457 e. The summed E-state index contributed by atoms with van der Waals surface area (Å²) in [6, 6.07) is 27.8. The lowest BCUT2D eigenvalue weighted by Gasteiger charge is -2.30. The number of amides is 1. The Kier molecular flexibility index (Phi) is 7.03. The van der Waals surface area contributed by atoms with Crippen LogP contribution >= 0.6 is 0 Å². The van der Waals surface area contributed by atoms with Gasteiger partial charge in [0.2, 0.25) is 0 Å². The van der Waals surface area contributed by atoms with Crippen molar-refractivity contribution in [1.82, 2.24) is 10.3 Å². The Hall–Kier alpha value is -4.06. The highest BCUT2D eigenvalue weighted by Crippen LogP contribution is 2.30. The molecular formula is C30H32N4O2. The van der Waals surface area contributed by atoms with Gasteiger partial charge in [-0.2, -0.15) is 0 Å². The molecule has 0 bridgehead atoms. The van der Waals surface area contributed by atoms with E-state index in [4.69, 9.17) is 9.72 Å². The van der Waals surface area contributed by atoms with Crippen molar-refractivity contribution in [3.05, 3.63) is 90.5 Å². The summed E-state index contributed by atoms with van der Waals surface area (Å²) in [5, 5.41) is 8.01. The molecular weight excluding hydrogens is 448 g/mol. The smallest absolute Gasteiger partial charge is 0.255 e.